The van der Waals surface area contributed by atoms with Crippen molar-refractivity contribution in [3.8, 4) is 11.5 Å². The van der Waals surface area contributed by atoms with Gasteiger partial charge in [-0.3, -0.25) is 0 Å². The van der Waals surface area contributed by atoms with Gasteiger partial charge in [0.1, 0.15) is 11.5 Å². The molecule has 0 bridgehead atoms. The first-order valence-electron chi connectivity index (χ1n) is 7.88. The number of halogens is 3. The third kappa shape index (κ3) is 3.64. The smallest absolute Gasteiger partial charge is 0.416 e. The van der Waals surface area contributed by atoms with Crippen molar-refractivity contribution in [2.45, 2.75) is 19.1 Å². The highest BCUT2D eigenvalue weighted by atomic mass is 19.4. The Kier molecular flexibility index (Phi) is 4.47. The normalized spacial score (nSPS) is 13.4. The molecule has 0 fully saturated rings. The number of hydrogen-bond acceptors (Lipinski definition) is 2. The van der Waals surface area contributed by atoms with Crippen molar-refractivity contribution in [1.82, 2.24) is 9.88 Å². The molecule has 0 aliphatic heterocycles. The molecule has 0 aliphatic carbocycles. The minimum Gasteiger partial charge on any atom is -0.457 e. The molecule has 6 heteroatoms. The molecule has 0 radical (unpaired) electrons. The van der Waals surface area contributed by atoms with E-state index < -0.39 is 11.7 Å². The molecule has 25 heavy (non-hydrogen) atoms. The van der Waals surface area contributed by atoms with E-state index >= 15 is 0 Å². The number of aromatic nitrogens is 1. The highest BCUT2D eigenvalue weighted by molar-refractivity contribution is 5.85. The SMILES string of the molecule is CC(c1c[nH]c2ccc(Oc3cccc(C(F)(F)F)c3)cc12)N(C)C. The molecule has 3 rings (SSSR count). The highest BCUT2D eigenvalue weighted by Gasteiger charge is 2.30. The van der Waals surface area contributed by atoms with Crippen LogP contribution in [0.1, 0.15) is 24.1 Å². The average molecular weight is 348 g/mol. The molecule has 0 aliphatic rings. The van der Waals surface area contributed by atoms with E-state index in [2.05, 4.69) is 16.8 Å². The molecule has 0 saturated carbocycles. The monoisotopic (exact) mass is 348 g/mol. The van der Waals surface area contributed by atoms with Gasteiger partial charge in [-0.15, -0.1) is 0 Å². The van der Waals surface area contributed by atoms with Gasteiger partial charge in [-0.25, -0.2) is 0 Å². The van der Waals surface area contributed by atoms with Crippen molar-refractivity contribution in [2.24, 2.45) is 0 Å². The molecule has 3 nitrogen and oxygen atoms in total. The summed E-state index contributed by atoms with van der Waals surface area (Å²) in [7, 11) is 3.99. The van der Waals surface area contributed by atoms with Crippen LogP contribution in [0.25, 0.3) is 10.9 Å². The fraction of sp³-hybridized carbons (Fsp3) is 0.263. The number of alkyl halides is 3. The summed E-state index contributed by atoms with van der Waals surface area (Å²) < 4.78 is 44.1. The Balaban J connectivity index is 1.93. The maximum atomic E-state index is 12.8. The Bertz CT molecular complexity index is 884. The number of rotatable bonds is 4. The van der Waals surface area contributed by atoms with E-state index in [1.165, 1.54) is 12.1 Å². The number of hydrogen-bond donors (Lipinski definition) is 1. The maximum Gasteiger partial charge on any atom is 0.416 e. The number of fused-ring (bicyclic) bond motifs is 1. The molecule has 0 amide bonds. The predicted molar refractivity (Wildman–Crippen MR) is 91.9 cm³/mol. The first kappa shape index (κ1) is 17.4. The first-order valence-corrected chi connectivity index (χ1v) is 7.88. The summed E-state index contributed by atoms with van der Waals surface area (Å²) in [5.74, 6) is 0.658. The van der Waals surface area contributed by atoms with E-state index in [1.807, 2.05) is 32.4 Å². The minimum absolute atomic E-state index is 0.159. The van der Waals surface area contributed by atoms with Crippen molar-refractivity contribution >= 4 is 10.9 Å². The summed E-state index contributed by atoms with van der Waals surface area (Å²) in [4.78, 5) is 5.30. The van der Waals surface area contributed by atoms with Crippen LogP contribution in [0.15, 0.2) is 48.7 Å². The van der Waals surface area contributed by atoms with E-state index in [1.54, 1.807) is 6.07 Å². The third-order valence-corrected chi connectivity index (χ3v) is 4.31. The lowest BCUT2D eigenvalue weighted by molar-refractivity contribution is -0.137. The molecule has 0 saturated heterocycles. The average Bonchev–Trinajstić information content (AvgIpc) is 2.96. The molecule has 2 aromatic carbocycles. The summed E-state index contributed by atoms with van der Waals surface area (Å²) in [5, 5.41) is 0.991. The fourth-order valence-corrected chi connectivity index (χ4v) is 2.68. The van der Waals surface area contributed by atoms with Crippen LogP contribution in [-0.2, 0) is 6.18 Å². The Labute approximate surface area is 144 Å². The van der Waals surface area contributed by atoms with Gasteiger partial charge in [0.05, 0.1) is 5.56 Å². The number of benzene rings is 2. The quantitative estimate of drug-likeness (QED) is 0.664. The predicted octanol–water partition coefficient (Wildman–Crippen LogP) is 5.60. The van der Waals surface area contributed by atoms with E-state index in [-0.39, 0.29) is 11.8 Å². The van der Waals surface area contributed by atoms with Crippen LogP contribution < -0.4 is 4.74 Å². The van der Waals surface area contributed by atoms with Crippen LogP contribution in [0.5, 0.6) is 11.5 Å². The largest absolute Gasteiger partial charge is 0.457 e. The summed E-state index contributed by atoms with van der Waals surface area (Å²) in [6.45, 7) is 2.09. The Hall–Kier alpha value is -2.47. The van der Waals surface area contributed by atoms with Crippen molar-refractivity contribution in [2.75, 3.05) is 14.1 Å². The van der Waals surface area contributed by atoms with E-state index in [0.29, 0.717) is 5.75 Å². The van der Waals surface area contributed by atoms with Gasteiger partial charge >= 0.3 is 6.18 Å². The minimum atomic E-state index is -4.39. The number of nitrogens with zero attached hydrogens (tertiary/aromatic N) is 1. The Morgan fingerprint density at radius 2 is 1.76 bits per heavy atom. The number of H-pyrrole nitrogens is 1. The second-order valence-electron chi connectivity index (χ2n) is 6.22. The summed E-state index contributed by atoms with van der Waals surface area (Å²) in [6.07, 6.45) is -2.44. The molecule has 1 unspecified atom stereocenters. The van der Waals surface area contributed by atoms with Crippen molar-refractivity contribution in [3.63, 3.8) is 0 Å². The van der Waals surface area contributed by atoms with Gasteiger partial charge < -0.3 is 14.6 Å². The van der Waals surface area contributed by atoms with E-state index in [9.17, 15) is 13.2 Å². The van der Waals surface area contributed by atoms with Crippen LogP contribution in [0.4, 0.5) is 13.2 Å². The molecule has 0 spiro atoms. The molecule has 3 aromatic rings. The summed E-state index contributed by atoms with van der Waals surface area (Å²) in [5.41, 5.74) is 1.34. The molecule has 1 heterocycles. The van der Waals surface area contributed by atoms with Crippen LogP contribution in [0.2, 0.25) is 0 Å². The molecule has 132 valence electrons. The van der Waals surface area contributed by atoms with E-state index in [0.717, 1.165) is 28.6 Å². The topological polar surface area (TPSA) is 28.3 Å². The van der Waals surface area contributed by atoms with Crippen LogP contribution in [0.3, 0.4) is 0 Å². The molecule has 1 atom stereocenters. The summed E-state index contributed by atoms with van der Waals surface area (Å²) >= 11 is 0. The zero-order valence-corrected chi connectivity index (χ0v) is 14.2. The first-order chi connectivity index (χ1) is 11.8. The lowest BCUT2D eigenvalue weighted by Gasteiger charge is -2.19. The van der Waals surface area contributed by atoms with Crippen molar-refractivity contribution in [3.05, 3.63) is 59.8 Å². The number of nitrogens with one attached hydrogen (secondary N) is 1. The van der Waals surface area contributed by atoms with Gasteiger partial charge in [-0.05, 0) is 63.0 Å². The van der Waals surface area contributed by atoms with Gasteiger partial charge in [0.15, 0.2) is 0 Å². The lowest BCUT2D eigenvalue weighted by Crippen LogP contribution is -2.16. The molecular weight excluding hydrogens is 329 g/mol. The van der Waals surface area contributed by atoms with Crippen LogP contribution in [0, 0.1) is 0 Å². The van der Waals surface area contributed by atoms with Crippen LogP contribution in [-0.4, -0.2) is 24.0 Å². The van der Waals surface area contributed by atoms with Gasteiger partial charge in [-0.2, -0.15) is 13.2 Å². The standard InChI is InChI=1S/C19H19F3N2O/c1-12(24(2)3)17-11-23-18-8-7-15(10-16(17)18)25-14-6-4-5-13(9-14)19(20,21)22/h4-12,23H,1-3H3. The highest BCUT2D eigenvalue weighted by Crippen LogP contribution is 2.34. The van der Waals surface area contributed by atoms with Gasteiger partial charge in [0.2, 0.25) is 0 Å². The Morgan fingerprint density at radius 1 is 1.04 bits per heavy atom. The second kappa shape index (κ2) is 6.44. The van der Waals surface area contributed by atoms with E-state index in [4.69, 9.17) is 4.74 Å². The second-order valence-corrected chi connectivity index (χ2v) is 6.22. The van der Waals surface area contributed by atoms with Gasteiger partial charge in [0.25, 0.3) is 0 Å². The lowest BCUT2D eigenvalue weighted by atomic mass is 10.1. The number of aromatic amines is 1. The molecule has 1 N–H and O–H groups in total. The Morgan fingerprint density at radius 3 is 2.44 bits per heavy atom. The van der Waals surface area contributed by atoms with Gasteiger partial charge in [0, 0.05) is 23.1 Å². The summed E-state index contributed by atoms with van der Waals surface area (Å²) in [6, 6.07) is 10.5. The molecule has 1 aromatic heterocycles. The zero-order valence-electron chi connectivity index (χ0n) is 14.2. The fourth-order valence-electron chi connectivity index (χ4n) is 2.68. The zero-order chi connectivity index (χ0) is 18.2. The third-order valence-electron chi connectivity index (χ3n) is 4.31. The van der Waals surface area contributed by atoms with Crippen molar-refractivity contribution < 1.29 is 17.9 Å². The number of ether oxygens (including phenoxy) is 1. The van der Waals surface area contributed by atoms with Crippen LogP contribution >= 0.6 is 0 Å². The maximum absolute atomic E-state index is 12.8. The van der Waals surface area contributed by atoms with Gasteiger partial charge in [-0.1, -0.05) is 6.07 Å². The van der Waals surface area contributed by atoms with Crippen molar-refractivity contribution in [1.29, 1.82) is 0 Å². The molecular formula is C19H19F3N2O.